The Hall–Kier alpha value is -1.77. The van der Waals surface area contributed by atoms with E-state index in [0.717, 1.165) is 0 Å². The lowest BCUT2D eigenvalue weighted by Gasteiger charge is -1.97. The number of ether oxygens (including phenoxy) is 1. The lowest BCUT2D eigenvalue weighted by Crippen LogP contribution is -1.97. The molecule has 3 heteroatoms. The molecule has 0 aromatic heterocycles. The smallest absolute Gasteiger partial charge is 0.449 e. The Labute approximate surface area is 71.0 Å². The Bertz CT molecular complexity index is 236. The quantitative estimate of drug-likeness (QED) is 0.396. The Morgan fingerprint density at radius 3 is 2.42 bits per heavy atom. The minimum atomic E-state index is -1.35. The maximum Gasteiger partial charge on any atom is 0.511 e. The molecule has 0 aromatic rings. The molecule has 0 aromatic carbocycles. The second-order valence-electron chi connectivity index (χ2n) is 1.77. The lowest BCUT2D eigenvalue weighted by molar-refractivity contribution is 0.122. The van der Waals surface area contributed by atoms with Crippen LogP contribution in [-0.4, -0.2) is 11.3 Å². The van der Waals surface area contributed by atoms with Crippen LogP contribution in [0.3, 0.4) is 0 Å². The average Bonchev–Trinajstić information content (AvgIpc) is 2.00. The van der Waals surface area contributed by atoms with Gasteiger partial charge in [-0.05, 0) is 12.2 Å². The SMILES string of the molecule is C=C/C=C\C(=C/C=C)OC(=O)O. The molecule has 0 rings (SSSR count). The molecule has 0 saturated heterocycles. The fourth-order valence-electron chi connectivity index (χ4n) is 0.503. The van der Waals surface area contributed by atoms with Crippen LogP contribution < -0.4 is 0 Å². The van der Waals surface area contributed by atoms with E-state index in [9.17, 15) is 4.79 Å². The van der Waals surface area contributed by atoms with E-state index in [-0.39, 0.29) is 5.76 Å². The standard InChI is InChI=1S/C9H10O3/c1-3-5-7-8(6-4-2)12-9(10)11/h3-7H,1-2H2,(H,10,11)/b7-5-,8-6+. The van der Waals surface area contributed by atoms with Gasteiger partial charge in [0.1, 0.15) is 5.76 Å². The van der Waals surface area contributed by atoms with Crippen LogP contribution in [-0.2, 0) is 4.74 Å². The fraction of sp³-hybridized carbons (Fsp3) is 0. The van der Waals surface area contributed by atoms with E-state index in [1.807, 2.05) is 0 Å². The van der Waals surface area contributed by atoms with Crippen molar-refractivity contribution < 1.29 is 14.6 Å². The van der Waals surface area contributed by atoms with Gasteiger partial charge in [-0.25, -0.2) is 4.79 Å². The molecule has 0 atom stereocenters. The highest BCUT2D eigenvalue weighted by Gasteiger charge is 1.97. The van der Waals surface area contributed by atoms with Crippen molar-refractivity contribution in [1.29, 1.82) is 0 Å². The number of rotatable bonds is 4. The maximum atomic E-state index is 10.1. The van der Waals surface area contributed by atoms with E-state index in [1.54, 1.807) is 6.08 Å². The van der Waals surface area contributed by atoms with Crippen LogP contribution in [0.5, 0.6) is 0 Å². The number of hydrogen-bond donors (Lipinski definition) is 1. The van der Waals surface area contributed by atoms with Gasteiger partial charge in [0.05, 0.1) is 0 Å². The third-order valence-electron chi connectivity index (χ3n) is 0.884. The predicted molar refractivity (Wildman–Crippen MR) is 46.7 cm³/mol. The molecule has 1 N–H and O–H groups in total. The summed E-state index contributed by atoms with van der Waals surface area (Å²) in [5, 5.41) is 8.25. The summed E-state index contributed by atoms with van der Waals surface area (Å²) in [6.45, 7) is 6.84. The zero-order valence-electron chi connectivity index (χ0n) is 6.56. The van der Waals surface area contributed by atoms with E-state index in [4.69, 9.17) is 5.11 Å². The second-order valence-corrected chi connectivity index (χ2v) is 1.77. The minimum absolute atomic E-state index is 0.206. The number of allylic oxidation sites excluding steroid dienone is 5. The molecule has 0 aliphatic carbocycles. The van der Waals surface area contributed by atoms with Gasteiger partial charge in [0, 0.05) is 0 Å². The van der Waals surface area contributed by atoms with Crippen LogP contribution >= 0.6 is 0 Å². The normalized spacial score (nSPS) is 11.2. The average molecular weight is 166 g/mol. The summed E-state index contributed by atoms with van der Waals surface area (Å²) in [6, 6.07) is 0. The molecular formula is C9H10O3. The highest BCUT2D eigenvalue weighted by Crippen LogP contribution is 2.00. The Kier molecular flexibility index (Phi) is 5.09. The van der Waals surface area contributed by atoms with Gasteiger partial charge >= 0.3 is 6.16 Å². The summed E-state index contributed by atoms with van der Waals surface area (Å²) in [4.78, 5) is 10.1. The number of hydrogen-bond acceptors (Lipinski definition) is 2. The van der Waals surface area contributed by atoms with Crippen molar-refractivity contribution in [1.82, 2.24) is 0 Å². The molecule has 0 fully saturated rings. The zero-order valence-corrected chi connectivity index (χ0v) is 6.56. The molecule has 0 bridgehead atoms. The summed E-state index contributed by atoms with van der Waals surface area (Å²) < 4.78 is 4.36. The Morgan fingerprint density at radius 2 is 2.00 bits per heavy atom. The molecule has 64 valence electrons. The summed E-state index contributed by atoms with van der Waals surface area (Å²) in [6.07, 6.45) is 6.08. The molecule has 0 saturated carbocycles. The highest BCUT2D eigenvalue weighted by atomic mass is 16.7. The summed E-state index contributed by atoms with van der Waals surface area (Å²) in [5.74, 6) is 0.206. The molecule has 0 heterocycles. The van der Waals surface area contributed by atoms with Crippen LogP contribution in [0, 0.1) is 0 Å². The van der Waals surface area contributed by atoms with Gasteiger partial charge in [0.15, 0.2) is 0 Å². The highest BCUT2D eigenvalue weighted by molar-refractivity contribution is 5.59. The van der Waals surface area contributed by atoms with Gasteiger partial charge in [-0.15, -0.1) is 0 Å². The van der Waals surface area contributed by atoms with E-state index in [0.29, 0.717) is 0 Å². The summed E-state index contributed by atoms with van der Waals surface area (Å²) in [7, 11) is 0. The van der Waals surface area contributed by atoms with Crippen LogP contribution in [0.4, 0.5) is 4.79 Å². The Balaban J connectivity index is 4.33. The first kappa shape index (κ1) is 10.2. The van der Waals surface area contributed by atoms with Gasteiger partial charge < -0.3 is 9.84 Å². The van der Waals surface area contributed by atoms with Gasteiger partial charge in [-0.1, -0.05) is 31.4 Å². The fourth-order valence-corrected chi connectivity index (χ4v) is 0.503. The molecule has 0 radical (unpaired) electrons. The number of carboxylic acid groups (broad SMARTS) is 1. The molecule has 0 aliphatic heterocycles. The third kappa shape index (κ3) is 5.05. The van der Waals surface area contributed by atoms with Crippen molar-refractivity contribution >= 4 is 6.16 Å². The van der Waals surface area contributed by atoms with Gasteiger partial charge in [0.25, 0.3) is 0 Å². The van der Waals surface area contributed by atoms with Gasteiger partial charge in [0.2, 0.25) is 0 Å². The monoisotopic (exact) mass is 166 g/mol. The van der Waals surface area contributed by atoms with Crippen LogP contribution in [0.15, 0.2) is 49.3 Å². The van der Waals surface area contributed by atoms with Crippen molar-refractivity contribution in [2.24, 2.45) is 0 Å². The summed E-state index contributed by atoms with van der Waals surface area (Å²) in [5.41, 5.74) is 0. The molecule has 0 amide bonds. The Morgan fingerprint density at radius 1 is 1.33 bits per heavy atom. The molecule has 12 heavy (non-hydrogen) atoms. The predicted octanol–water partition coefficient (Wildman–Crippen LogP) is 2.49. The van der Waals surface area contributed by atoms with E-state index in [1.165, 1.54) is 24.3 Å². The molecule has 0 aliphatic rings. The van der Waals surface area contributed by atoms with E-state index < -0.39 is 6.16 Å². The van der Waals surface area contributed by atoms with Crippen molar-refractivity contribution in [2.45, 2.75) is 0 Å². The second kappa shape index (κ2) is 5.97. The van der Waals surface area contributed by atoms with E-state index >= 15 is 0 Å². The van der Waals surface area contributed by atoms with Crippen molar-refractivity contribution in [3.8, 4) is 0 Å². The van der Waals surface area contributed by atoms with Crippen molar-refractivity contribution in [3.05, 3.63) is 49.3 Å². The first-order valence-electron chi connectivity index (χ1n) is 3.23. The zero-order chi connectivity index (χ0) is 9.40. The largest absolute Gasteiger partial charge is 0.511 e. The summed E-state index contributed by atoms with van der Waals surface area (Å²) >= 11 is 0. The van der Waals surface area contributed by atoms with Crippen LogP contribution in [0.2, 0.25) is 0 Å². The number of carbonyl (C=O) groups is 1. The molecule has 0 spiro atoms. The third-order valence-corrected chi connectivity index (χ3v) is 0.884. The molecule has 0 unspecified atom stereocenters. The first-order valence-corrected chi connectivity index (χ1v) is 3.23. The topological polar surface area (TPSA) is 46.5 Å². The van der Waals surface area contributed by atoms with Gasteiger partial charge in [-0.3, -0.25) is 0 Å². The molecular weight excluding hydrogens is 156 g/mol. The first-order chi connectivity index (χ1) is 5.70. The van der Waals surface area contributed by atoms with Crippen LogP contribution in [0.1, 0.15) is 0 Å². The molecule has 3 nitrogen and oxygen atoms in total. The lowest BCUT2D eigenvalue weighted by atomic mass is 10.4. The van der Waals surface area contributed by atoms with Crippen molar-refractivity contribution in [3.63, 3.8) is 0 Å². The van der Waals surface area contributed by atoms with Gasteiger partial charge in [-0.2, -0.15) is 0 Å². The maximum absolute atomic E-state index is 10.1. The van der Waals surface area contributed by atoms with E-state index in [2.05, 4.69) is 17.9 Å². The minimum Gasteiger partial charge on any atom is -0.449 e. The van der Waals surface area contributed by atoms with Crippen LogP contribution in [0.25, 0.3) is 0 Å². The van der Waals surface area contributed by atoms with Crippen molar-refractivity contribution in [2.75, 3.05) is 0 Å².